The molecule has 0 N–H and O–H groups in total. The van der Waals surface area contributed by atoms with Gasteiger partial charge in [-0.1, -0.05) is 42.1 Å². The van der Waals surface area contributed by atoms with Crippen molar-refractivity contribution in [1.29, 1.82) is 0 Å². The third-order valence-corrected chi connectivity index (χ3v) is 5.75. The van der Waals surface area contributed by atoms with E-state index in [1.165, 1.54) is 21.5 Å². The number of carbonyl (C=O) groups excluding carboxylic acids is 3. The number of benzene rings is 1. The fraction of sp³-hybridized carbons (Fsp3) is 0.545. The number of hydrogen-bond donors (Lipinski definition) is 0. The molecule has 1 amide bonds. The lowest BCUT2D eigenvalue weighted by Gasteiger charge is -2.37. The van der Waals surface area contributed by atoms with E-state index in [4.69, 9.17) is 9.47 Å². The number of amides is 1. The molecule has 2 atom stereocenters. The fourth-order valence-corrected chi connectivity index (χ4v) is 4.08. The first-order valence-corrected chi connectivity index (χ1v) is 11.8. The minimum absolute atomic E-state index is 0.0232. The molecule has 2 aromatic rings. The molecule has 0 radical (unpaired) electrons. The summed E-state index contributed by atoms with van der Waals surface area (Å²) in [7, 11) is 0. The lowest BCUT2D eigenvalue weighted by atomic mass is 9.98. The van der Waals surface area contributed by atoms with Gasteiger partial charge in [0, 0.05) is 18.5 Å². The van der Waals surface area contributed by atoms with Crippen LogP contribution in [0.1, 0.15) is 56.9 Å². The van der Waals surface area contributed by atoms with Crippen molar-refractivity contribution in [2.24, 2.45) is 0 Å². The number of carbonyl (C=O) groups is 3. The van der Waals surface area contributed by atoms with Gasteiger partial charge in [-0.25, -0.2) is 9.59 Å². The highest BCUT2D eigenvalue weighted by molar-refractivity contribution is 7.99. The Hall–Kier alpha value is -2.95. The molecular weight excluding hydrogens is 446 g/mol. The molecule has 1 aromatic heterocycles. The van der Waals surface area contributed by atoms with Gasteiger partial charge in [-0.2, -0.15) is 4.80 Å². The molecule has 1 aliphatic rings. The van der Waals surface area contributed by atoms with Crippen LogP contribution < -0.4 is 0 Å². The molecule has 11 heteroatoms. The van der Waals surface area contributed by atoms with E-state index < -0.39 is 23.7 Å². The van der Waals surface area contributed by atoms with Crippen LogP contribution in [0.4, 0.5) is 4.79 Å². The van der Waals surface area contributed by atoms with Gasteiger partial charge in [0.05, 0.1) is 18.4 Å². The first kappa shape index (κ1) is 24.7. The van der Waals surface area contributed by atoms with Crippen molar-refractivity contribution in [2.45, 2.75) is 63.4 Å². The summed E-state index contributed by atoms with van der Waals surface area (Å²) in [6.45, 7) is 7.54. The van der Waals surface area contributed by atoms with Crippen molar-refractivity contribution >= 4 is 29.6 Å². The zero-order chi connectivity index (χ0) is 24.0. The molecule has 33 heavy (non-hydrogen) atoms. The van der Waals surface area contributed by atoms with Gasteiger partial charge >= 0.3 is 12.1 Å². The molecule has 1 fully saturated rings. The van der Waals surface area contributed by atoms with Gasteiger partial charge in [-0.15, -0.1) is 10.2 Å². The lowest BCUT2D eigenvalue weighted by Crippen LogP contribution is -2.52. The van der Waals surface area contributed by atoms with E-state index in [0.717, 1.165) is 0 Å². The fourth-order valence-electron chi connectivity index (χ4n) is 3.42. The van der Waals surface area contributed by atoms with E-state index in [9.17, 15) is 14.4 Å². The highest BCUT2D eigenvalue weighted by Crippen LogP contribution is 2.29. The highest BCUT2D eigenvalue weighted by Gasteiger charge is 2.40. The van der Waals surface area contributed by atoms with E-state index >= 15 is 0 Å². The SMILES string of the molecule is CCOC(=O)C1CC(n2nnc(SCC(=O)c3ccccc3)n2)CCN1C(=O)OC(C)(C)C. The van der Waals surface area contributed by atoms with Crippen molar-refractivity contribution < 1.29 is 23.9 Å². The predicted octanol–water partition coefficient (Wildman–Crippen LogP) is 3.15. The van der Waals surface area contributed by atoms with Crippen molar-refractivity contribution in [3.05, 3.63) is 35.9 Å². The Balaban J connectivity index is 1.65. The number of piperidine rings is 1. The Morgan fingerprint density at radius 2 is 1.91 bits per heavy atom. The summed E-state index contributed by atoms with van der Waals surface area (Å²) in [5.41, 5.74) is -0.0478. The van der Waals surface area contributed by atoms with Gasteiger partial charge in [0.2, 0.25) is 5.16 Å². The molecular formula is C22H29N5O5S. The van der Waals surface area contributed by atoms with Crippen LogP contribution >= 0.6 is 11.8 Å². The average molecular weight is 476 g/mol. The Labute approximate surface area is 197 Å². The van der Waals surface area contributed by atoms with Crippen LogP contribution in [-0.4, -0.2) is 73.5 Å². The van der Waals surface area contributed by atoms with Crippen molar-refractivity contribution in [3.8, 4) is 0 Å². The van der Waals surface area contributed by atoms with Crippen molar-refractivity contribution in [2.75, 3.05) is 18.9 Å². The standard InChI is InChI=1S/C22H29N5O5S/c1-5-31-19(29)17-13-16(11-12-26(17)21(30)32-22(2,3)4)27-24-20(23-25-27)33-14-18(28)15-9-7-6-8-10-15/h6-10,16-17H,5,11-14H2,1-4H3. The second-order valence-corrected chi connectivity index (χ2v) is 9.53. The number of aromatic nitrogens is 4. The van der Waals surface area contributed by atoms with Gasteiger partial charge in [0.1, 0.15) is 11.6 Å². The number of nitrogens with zero attached hydrogens (tertiary/aromatic N) is 5. The lowest BCUT2D eigenvalue weighted by molar-refractivity contribution is -0.151. The molecule has 0 saturated carbocycles. The van der Waals surface area contributed by atoms with Crippen molar-refractivity contribution in [3.63, 3.8) is 0 Å². The molecule has 3 rings (SSSR count). The smallest absolute Gasteiger partial charge is 0.411 e. The molecule has 1 saturated heterocycles. The number of esters is 1. The third-order valence-electron chi connectivity index (χ3n) is 4.93. The van der Waals surface area contributed by atoms with Gasteiger partial charge in [0.25, 0.3) is 0 Å². The summed E-state index contributed by atoms with van der Waals surface area (Å²) >= 11 is 1.20. The first-order chi connectivity index (χ1) is 15.7. The van der Waals surface area contributed by atoms with Crippen LogP contribution in [0.15, 0.2) is 35.5 Å². The third kappa shape index (κ3) is 6.77. The largest absolute Gasteiger partial charge is 0.464 e. The van der Waals surface area contributed by atoms with E-state index in [2.05, 4.69) is 15.4 Å². The summed E-state index contributed by atoms with van der Waals surface area (Å²) in [6, 6.07) is 7.97. The Morgan fingerprint density at radius 3 is 2.58 bits per heavy atom. The molecule has 10 nitrogen and oxygen atoms in total. The second kappa shape index (κ2) is 10.8. The van der Waals surface area contributed by atoms with Gasteiger partial charge < -0.3 is 9.47 Å². The van der Waals surface area contributed by atoms with Crippen molar-refractivity contribution in [1.82, 2.24) is 25.1 Å². The second-order valence-electron chi connectivity index (χ2n) is 8.59. The minimum Gasteiger partial charge on any atom is -0.464 e. The number of tetrazole rings is 1. The number of Topliss-reactive ketones (excluding diaryl/α,β-unsaturated/α-hetero) is 1. The molecule has 2 unspecified atom stereocenters. The van der Waals surface area contributed by atoms with Crippen LogP contribution in [0, 0.1) is 0 Å². The molecule has 1 aliphatic heterocycles. The number of thioether (sulfide) groups is 1. The summed E-state index contributed by atoms with van der Waals surface area (Å²) in [5.74, 6) is -0.320. The quantitative estimate of drug-likeness (QED) is 0.338. The Morgan fingerprint density at radius 1 is 1.18 bits per heavy atom. The summed E-state index contributed by atoms with van der Waals surface area (Å²) < 4.78 is 10.7. The van der Waals surface area contributed by atoms with E-state index in [1.807, 2.05) is 18.2 Å². The topological polar surface area (TPSA) is 117 Å². The normalized spacial score (nSPS) is 18.6. The zero-order valence-corrected chi connectivity index (χ0v) is 20.1. The minimum atomic E-state index is -0.805. The molecule has 0 bridgehead atoms. The number of hydrogen-bond acceptors (Lipinski definition) is 9. The Kier molecular flexibility index (Phi) is 8.06. The maximum atomic E-state index is 12.7. The average Bonchev–Trinajstić information content (AvgIpc) is 3.26. The van der Waals surface area contributed by atoms with Crippen LogP contribution in [-0.2, 0) is 14.3 Å². The maximum absolute atomic E-state index is 12.7. The summed E-state index contributed by atoms with van der Waals surface area (Å²) in [5, 5.41) is 12.9. The van der Waals surface area contributed by atoms with Crippen LogP contribution in [0.25, 0.3) is 0 Å². The predicted molar refractivity (Wildman–Crippen MR) is 121 cm³/mol. The van der Waals surface area contributed by atoms with E-state index in [-0.39, 0.29) is 30.6 Å². The number of rotatable bonds is 7. The van der Waals surface area contributed by atoms with E-state index in [1.54, 1.807) is 39.8 Å². The maximum Gasteiger partial charge on any atom is 0.411 e. The monoisotopic (exact) mass is 475 g/mol. The number of ether oxygens (including phenoxy) is 2. The zero-order valence-electron chi connectivity index (χ0n) is 19.3. The number of ketones is 1. The van der Waals surface area contributed by atoms with E-state index in [0.29, 0.717) is 23.7 Å². The molecule has 2 heterocycles. The molecule has 178 valence electrons. The summed E-state index contributed by atoms with van der Waals surface area (Å²) in [4.78, 5) is 40.4. The number of likely N-dealkylation sites (tertiary alicyclic amines) is 1. The van der Waals surface area contributed by atoms with Gasteiger partial charge in [-0.3, -0.25) is 9.69 Å². The highest BCUT2D eigenvalue weighted by atomic mass is 32.2. The van der Waals surface area contributed by atoms with Crippen LogP contribution in [0.5, 0.6) is 0 Å². The van der Waals surface area contributed by atoms with Crippen LogP contribution in [0.2, 0.25) is 0 Å². The van der Waals surface area contributed by atoms with Gasteiger partial charge in [-0.05, 0) is 39.3 Å². The van der Waals surface area contributed by atoms with Crippen LogP contribution in [0.3, 0.4) is 0 Å². The summed E-state index contributed by atoms with van der Waals surface area (Å²) in [6.07, 6.45) is 0.251. The first-order valence-electron chi connectivity index (χ1n) is 10.8. The van der Waals surface area contributed by atoms with Gasteiger partial charge in [0.15, 0.2) is 5.78 Å². The molecule has 1 aromatic carbocycles. The molecule has 0 spiro atoms. The molecule has 0 aliphatic carbocycles. The Bertz CT molecular complexity index is 975.